The number of benzene rings is 2. The molecule has 0 saturated carbocycles. The molecule has 0 bridgehead atoms. The van der Waals surface area contributed by atoms with Crippen LogP contribution in [0.4, 0.5) is 8.78 Å². The van der Waals surface area contributed by atoms with Gasteiger partial charge in [0.1, 0.15) is 22.9 Å². The van der Waals surface area contributed by atoms with E-state index in [0.717, 1.165) is 6.07 Å². The van der Waals surface area contributed by atoms with Gasteiger partial charge in [-0.1, -0.05) is 6.07 Å². The molecule has 0 radical (unpaired) electrons. The smallest absolute Gasteiger partial charge is 0.339 e. The molecule has 0 atom stereocenters. The molecule has 2 rings (SSSR count). The minimum Gasteiger partial charge on any atom is -0.496 e. The Morgan fingerprint density at radius 3 is 2.62 bits per heavy atom. The molecular formula is C15H12F2O3S. The van der Waals surface area contributed by atoms with E-state index in [0.29, 0.717) is 16.2 Å². The van der Waals surface area contributed by atoms with E-state index >= 15 is 0 Å². The summed E-state index contributed by atoms with van der Waals surface area (Å²) in [6.07, 6.45) is 0. The number of hydrogen-bond acceptors (Lipinski definition) is 3. The zero-order chi connectivity index (χ0) is 15.4. The fraction of sp³-hybridized carbons (Fsp3) is 0.133. The highest BCUT2D eigenvalue weighted by Crippen LogP contribution is 2.28. The quantitative estimate of drug-likeness (QED) is 0.849. The first kappa shape index (κ1) is 15.3. The Morgan fingerprint density at radius 2 is 2.00 bits per heavy atom. The highest BCUT2D eigenvalue weighted by Gasteiger charge is 2.12. The van der Waals surface area contributed by atoms with E-state index in [9.17, 15) is 13.6 Å². The summed E-state index contributed by atoms with van der Waals surface area (Å²) in [7, 11) is 1.39. The van der Waals surface area contributed by atoms with Gasteiger partial charge in [-0.3, -0.25) is 0 Å². The second-order valence-corrected chi connectivity index (χ2v) is 5.22. The van der Waals surface area contributed by atoms with Crippen molar-refractivity contribution in [3.63, 3.8) is 0 Å². The summed E-state index contributed by atoms with van der Waals surface area (Å²) in [6.45, 7) is 0. The van der Waals surface area contributed by atoms with E-state index in [4.69, 9.17) is 9.84 Å². The first-order valence-electron chi connectivity index (χ1n) is 5.99. The van der Waals surface area contributed by atoms with E-state index < -0.39 is 17.6 Å². The van der Waals surface area contributed by atoms with Crippen molar-refractivity contribution in [3.8, 4) is 5.75 Å². The summed E-state index contributed by atoms with van der Waals surface area (Å²) in [6, 6.07) is 8.10. The summed E-state index contributed by atoms with van der Waals surface area (Å²) >= 11 is 1.17. The number of thioether (sulfide) groups is 1. The zero-order valence-electron chi connectivity index (χ0n) is 11.1. The lowest BCUT2D eigenvalue weighted by atomic mass is 10.1. The molecular weight excluding hydrogens is 298 g/mol. The number of carbonyl (C=O) groups is 1. The average molecular weight is 310 g/mol. The first-order chi connectivity index (χ1) is 10.0. The summed E-state index contributed by atoms with van der Waals surface area (Å²) < 4.78 is 31.3. The highest BCUT2D eigenvalue weighted by atomic mass is 32.2. The van der Waals surface area contributed by atoms with Gasteiger partial charge < -0.3 is 9.84 Å². The third kappa shape index (κ3) is 3.72. The minimum absolute atomic E-state index is 0.0511. The molecule has 0 spiro atoms. The Morgan fingerprint density at radius 1 is 1.24 bits per heavy atom. The van der Waals surface area contributed by atoms with Gasteiger partial charge in [0.05, 0.1) is 7.11 Å². The minimum atomic E-state index is -1.09. The molecule has 0 unspecified atom stereocenters. The number of ether oxygens (including phenoxy) is 1. The third-order valence-electron chi connectivity index (χ3n) is 2.78. The molecule has 0 fully saturated rings. The molecule has 0 aliphatic carbocycles. The van der Waals surface area contributed by atoms with Gasteiger partial charge in [-0.25, -0.2) is 13.6 Å². The van der Waals surface area contributed by atoms with E-state index in [2.05, 4.69) is 0 Å². The van der Waals surface area contributed by atoms with Crippen LogP contribution in [-0.4, -0.2) is 18.2 Å². The topological polar surface area (TPSA) is 46.5 Å². The standard InChI is InChI=1S/C15H12F2O3S/c1-20-13-4-2-9(6-11(13)15(18)19)8-21-14-5-3-10(16)7-12(14)17/h2-7H,8H2,1H3,(H,18,19). The van der Waals surface area contributed by atoms with Gasteiger partial charge in [-0.15, -0.1) is 11.8 Å². The number of hydrogen-bond donors (Lipinski definition) is 1. The lowest BCUT2D eigenvalue weighted by Gasteiger charge is -2.08. The van der Waals surface area contributed by atoms with Crippen LogP contribution in [0, 0.1) is 11.6 Å². The maximum absolute atomic E-state index is 13.5. The van der Waals surface area contributed by atoms with Gasteiger partial charge in [-0.2, -0.15) is 0 Å². The van der Waals surface area contributed by atoms with Crippen molar-refractivity contribution >= 4 is 17.7 Å². The van der Waals surface area contributed by atoms with Gasteiger partial charge in [-0.05, 0) is 29.8 Å². The molecule has 0 aliphatic heterocycles. The maximum Gasteiger partial charge on any atom is 0.339 e. The SMILES string of the molecule is COc1ccc(CSc2ccc(F)cc2F)cc1C(=O)O. The summed E-state index contributed by atoms with van der Waals surface area (Å²) in [4.78, 5) is 11.4. The Kier molecular flexibility index (Phi) is 4.80. The Bertz CT molecular complexity index is 674. The summed E-state index contributed by atoms with van der Waals surface area (Å²) in [5.41, 5.74) is 0.761. The van der Waals surface area contributed by atoms with Crippen LogP contribution < -0.4 is 4.74 Å². The van der Waals surface area contributed by atoms with Crippen LogP contribution in [0.25, 0.3) is 0 Å². The van der Waals surface area contributed by atoms with Crippen molar-refractivity contribution in [2.24, 2.45) is 0 Å². The van der Waals surface area contributed by atoms with Gasteiger partial charge in [0.2, 0.25) is 0 Å². The zero-order valence-corrected chi connectivity index (χ0v) is 11.9. The van der Waals surface area contributed by atoms with Crippen molar-refractivity contribution in [2.45, 2.75) is 10.6 Å². The summed E-state index contributed by atoms with van der Waals surface area (Å²) in [5.74, 6) is -1.72. The first-order valence-corrected chi connectivity index (χ1v) is 6.98. The van der Waals surface area contributed by atoms with Gasteiger partial charge in [0, 0.05) is 16.7 Å². The van der Waals surface area contributed by atoms with E-state index in [1.54, 1.807) is 12.1 Å². The van der Waals surface area contributed by atoms with Crippen LogP contribution in [0.1, 0.15) is 15.9 Å². The predicted octanol–water partition coefficient (Wildman–Crippen LogP) is 3.96. The van der Waals surface area contributed by atoms with Gasteiger partial charge in [0.25, 0.3) is 0 Å². The van der Waals surface area contributed by atoms with Crippen LogP contribution in [0.5, 0.6) is 5.75 Å². The van der Waals surface area contributed by atoms with Crippen LogP contribution in [0.3, 0.4) is 0 Å². The molecule has 21 heavy (non-hydrogen) atoms. The van der Waals surface area contributed by atoms with Crippen LogP contribution >= 0.6 is 11.8 Å². The third-order valence-corrected chi connectivity index (χ3v) is 3.90. The molecule has 2 aromatic rings. The predicted molar refractivity (Wildman–Crippen MR) is 75.9 cm³/mol. The van der Waals surface area contributed by atoms with Crippen LogP contribution in [0.15, 0.2) is 41.3 Å². The Hall–Kier alpha value is -2.08. The van der Waals surface area contributed by atoms with Crippen LogP contribution in [0.2, 0.25) is 0 Å². The second-order valence-electron chi connectivity index (χ2n) is 4.20. The molecule has 3 nitrogen and oxygen atoms in total. The maximum atomic E-state index is 13.5. The van der Waals surface area contributed by atoms with E-state index in [1.165, 1.54) is 37.1 Å². The molecule has 0 amide bonds. The molecule has 110 valence electrons. The number of rotatable bonds is 5. The normalized spacial score (nSPS) is 10.4. The molecule has 0 aliphatic rings. The molecule has 0 saturated heterocycles. The Balaban J connectivity index is 2.16. The van der Waals surface area contributed by atoms with Crippen molar-refractivity contribution in [3.05, 3.63) is 59.2 Å². The van der Waals surface area contributed by atoms with Crippen molar-refractivity contribution in [1.82, 2.24) is 0 Å². The molecule has 6 heteroatoms. The largest absolute Gasteiger partial charge is 0.496 e. The second kappa shape index (κ2) is 6.58. The fourth-order valence-corrected chi connectivity index (χ4v) is 2.63. The van der Waals surface area contributed by atoms with E-state index in [1.807, 2.05) is 0 Å². The summed E-state index contributed by atoms with van der Waals surface area (Å²) in [5, 5.41) is 9.09. The van der Waals surface area contributed by atoms with Crippen molar-refractivity contribution < 1.29 is 23.4 Å². The number of methoxy groups -OCH3 is 1. The molecule has 1 N–H and O–H groups in total. The lowest BCUT2D eigenvalue weighted by Crippen LogP contribution is -2.01. The fourth-order valence-electron chi connectivity index (χ4n) is 1.77. The number of aromatic carboxylic acids is 1. The molecule has 0 aromatic heterocycles. The highest BCUT2D eigenvalue weighted by molar-refractivity contribution is 7.98. The van der Waals surface area contributed by atoms with Crippen molar-refractivity contribution in [2.75, 3.05) is 7.11 Å². The van der Waals surface area contributed by atoms with Crippen molar-refractivity contribution in [1.29, 1.82) is 0 Å². The van der Waals surface area contributed by atoms with Crippen LogP contribution in [-0.2, 0) is 5.75 Å². The van der Waals surface area contributed by atoms with Gasteiger partial charge in [0.15, 0.2) is 0 Å². The van der Waals surface area contributed by atoms with Gasteiger partial charge >= 0.3 is 5.97 Å². The molecule has 0 heterocycles. The number of halogens is 2. The monoisotopic (exact) mass is 310 g/mol. The molecule has 2 aromatic carbocycles. The van der Waals surface area contributed by atoms with E-state index in [-0.39, 0.29) is 11.3 Å². The number of carboxylic acids is 1. The number of carboxylic acid groups (broad SMARTS) is 1. The Labute approximate surface area is 124 Å². The average Bonchev–Trinajstić information content (AvgIpc) is 2.46. The lowest BCUT2D eigenvalue weighted by molar-refractivity contribution is 0.0693.